The van der Waals surface area contributed by atoms with Gasteiger partial charge in [-0.15, -0.1) is 0 Å². The standard InChI is InChI=1S/C14H19N3O/c1-14(2,8-12(15)18)17-9-11-5-3-4-10-6-7-16-13(10)11/h3-7,16-17H,8-9H2,1-2H3,(H2,15,18). The molecule has 0 aliphatic carbocycles. The lowest BCUT2D eigenvalue weighted by molar-refractivity contribution is -0.119. The molecule has 0 saturated carbocycles. The Morgan fingerprint density at radius 2 is 2.17 bits per heavy atom. The van der Waals surface area contributed by atoms with Crippen molar-refractivity contribution in [3.05, 3.63) is 36.0 Å². The van der Waals surface area contributed by atoms with Gasteiger partial charge < -0.3 is 16.0 Å². The normalized spacial score (nSPS) is 11.9. The minimum atomic E-state index is -0.291. The van der Waals surface area contributed by atoms with Gasteiger partial charge in [0.2, 0.25) is 5.91 Å². The number of nitrogens with two attached hydrogens (primary N) is 1. The van der Waals surface area contributed by atoms with Gasteiger partial charge in [-0.25, -0.2) is 0 Å². The molecule has 0 aliphatic rings. The van der Waals surface area contributed by atoms with Crippen LogP contribution in [-0.2, 0) is 11.3 Å². The number of primary amides is 1. The maximum absolute atomic E-state index is 11.0. The number of hydrogen-bond acceptors (Lipinski definition) is 2. The summed E-state index contributed by atoms with van der Waals surface area (Å²) in [6, 6.07) is 8.23. The van der Waals surface area contributed by atoms with Crippen molar-refractivity contribution in [2.24, 2.45) is 5.73 Å². The molecule has 0 radical (unpaired) electrons. The zero-order chi connectivity index (χ0) is 13.2. The molecule has 0 aliphatic heterocycles. The fourth-order valence-corrected chi connectivity index (χ4v) is 2.13. The van der Waals surface area contributed by atoms with Crippen LogP contribution in [0.4, 0.5) is 0 Å². The molecular formula is C14H19N3O. The Morgan fingerprint density at radius 3 is 2.89 bits per heavy atom. The minimum Gasteiger partial charge on any atom is -0.370 e. The average molecular weight is 245 g/mol. The average Bonchev–Trinajstić information content (AvgIpc) is 2.72. The number of hydrogen-bond donors (Lipinski definition) is 3. The number of aromatic nitrogens is 1. The molecule has 1 heterocycles. The monoisotopic (exact) mass is 245 g/mol. The van der Waals surface area contributed by atoms with Gasteiger partial charge in [-0.3, -0.25) is 4.79 Å². The summed E-state index contributed by atoms with van der Waals surface area (Å²) in [5.74, 6) is -0.286. The Morgan fingerprint density at radius 1 is 1.39 bits per heavy atom. The van der Waals surface area contributed by atoms with Crippen LogP contribution >= 0.6 is 0 Å². The minimum absolute atomic E-state index is 0.286. The molecule has 0 atom stereocenters. The number of para-hydroxylation sites is 1. The summed E-state index contributed by atoms with van der Waals surface area (Å²) < 4.78 is 0. The molecule has 2 aromatic rings. The molecule has 0 spiro atoms. The van der Waals surface area contributed by atoms with Crippen LogP contribution in [0.1, 0.15) is 25.8 Å². The van der Waals surface area contributed by atoms with Crippen molar-refractivity contribution in [2.75, 3.05) is 0 Å². The number of nitrogens with one attached hydrogen (secondary N) is 2. The van der Waals surface area contributed by atoms with Gasteiger partial charge in [0.15, 0.2) is 0 Å². The van der Waals surface area contributed by atoms with Crippen LogP contribution in [0, 0.1) is 0 Å². The van der Waals surface area contributed by atoms with Gasteiger partial charge in [0.25, 0.3) is 0 Å². The van der Waals surface area contributed by atoms with Crippen molar-refractivity contribution < 1.29 is 4.79 Å². The van der Waals surface area contributed by atoms with Crippen LogP contribution in [0.2, 0.25) is 0 Å². The molecular weight excluding hydrogens is 226 g/mol. The fraction of sp³-hybridized carbons (Fsp3) is 0.357. The van der Waals surface area contributed by atoms with E-state index in [0.29, 0.717) is 13.0 Å². The quantitative estimate of drug-likeness (QED) is 0.753. The van der Waals surface area contributed by atoms with Gasteiger partial charge in [-0.05, 0) is 30.9 Å². The van der Waals surface area contributed by atoms with Crippen molar-refractivity contribution >= 4 is 16.8 Å². The first-order valence-electron chi connectivity index (χ1n) is 6.06. The molecule has 0 unspecified atom stereocenters. The second-order valence-corrected chi connectivity index (χ2v) is 5.24. The molecule has 2 rings (SSSR count). The van der Waals surface area contributed by atoms with Crippen molar-refractivity contribution in [3.8, 4) is 0 Å². The lowest BCUT2D eigenvalue weighted by atomic mass is 9.99. The van der Waals surface area contributed by atoms with Crippen molar-refractivity contribution in [1.82, 2.24) is 10.3 Å². The van der Waals surface area contributed by atoms with Gasteiger partial charge in [0.1, 0.15) is 0 Å². The van der Waals surface area contributed by atoms with E-state index >= 15 is 0 Å². The van der Waals surface area contributed by atoms with E-state index < -0.39 is 0 Å². The number of benzene rings is 1. The largest absolute Gasteiger partial charge is 0.370 e. The molecule has 1 aromatic heterocycles. The van der Waals surface area contributed by atoms with E-state index in [9.17, 15) is 4.79 Å². The number of H-pyrrole nitrogens is 1. The highest BCUT2D eigenvalue weighted by atomic mass is 16.1. The van der Waals surface area contributed by atoms with Gasteiger partial charge in [0.05, 0.1) is 0 Å². The second kappa shape index (κ2) is 4.82. The highest BCUT2D eigenvalue weighted by molar-refractivity contribution is 5.82. The van der Waals surface area contributed by atoms with E-state index in [4.69, 9.17) is 5.73 Å². The van der Waals surface area contributed by atoms with Crippen molar-refractivity contribution in [2.45, 2.75) is 32.4 Å². The van der Waals surface area contributed by atoms with Gasteiger partial charge in [0, 0.05) is 30.2 Å². The molecule has 18 heavy (non-hydrogen) atoms. The molecule has 0 bridgehead atoms. The van der Waals surface area contributed by atoms with Gasteiger partial charge in [-0.1, -0.05) is 18.2 Å². The third-order valence-electron chi connectivity index (χ3n) is 3.05. The first kappa shape index (κ1) is 12.6. The Kier molecular flexibility index (Phi) is 3.39. The van der Waals surface area contributed by atoms with Gasteiger partial charge >= 0.3 is 0 Å². The first-order valence-corrected chi connectivity index (χ1v) is 6.06. The number of fused-ring (bicyclic) bond motifs is 1. The second-order valence-electron chi connectivity index (χ2n) is 5.24. The summed E-state index contributed by atoms with van der Waals surface area (Å²) >= 11 is 0. The van der Waals surface area contributed by atoms with E-state index in [0.717, 1.165) is 5.52 Å². The molecule has 96 valence electrons. The Bertz CT molecular complexity index is 557. The molecule has 1 aromatic carbocycles. The lowest BCUT2D eigenvalue weighted by Gasteiger charge is -2.25. The van der Waals surface area contributed by atoms with E-state index in [1.165, 1.54) is 10.9 Å². The molecule has 0 fully saturated rings. The summed E-state index contributed by atoms with van der Waals surface area (Å²) in [6.45, 7) is 4.66. The summed E-state index contributed by atoms with van der Waals surface area (Å²) in [5.41, 5.74) is 7.27. The summed E-state index contributed by atoms with van der Waals surface area (Å²) in [4.78, 5) is 14.2. The molecule has 4 N–H and O–H groups in total. The first-order chi connectivity index (χ1) is 8.48. The van der Waals surface area contributed by atoms with E-state index in [1.54, 1.807) is 0 Å². The Labute approximate surface area is 107 Å². The third kappa shape index (κ3) is 2.90. The van der Waals surface area contributed by atoms with Crippen LogP contribution in [0.5, 0.6) is 0 Å². The predicted molar refractivity (Wildman–Crippen MR) is 73.0 cm³/mol. The Balaban J connectivity index is 2.10. The lowest BCUT2D eigenvalue weighted by Crippen LogP contribution is -2.42. The molecule has 1 amide bonds. The molecule has 4 nitrogen and oxygen atoms in total. The zero-order valence-electron chi connectivity index (χ0n) is 10.8. The smallest absolute Gasteiger partial charge is 0.219 e. The SMILES string of the molecule is CC(C)(CC(N)=O)NCc1cccc2cc[nH]c12. The predicted octanol–water partition coefficient (Wildman–Crippen LogP) is 1.91. The number of carbonyl (C=O) groups is 1. The zero-order valence-corrected chi connectivity index (χ0v) is 10.8. The summed E-state index contributed by atoms with van der Waals surface area (Å²) in [7, 11) is 0. The molecule has 4 heteroatoms. The van der Waals surface area contributed by atoms with E-state index in [-0.39, 0.29) is 11.4 Å². The van der Waals surface area contributed by atoms with Crippen molar-refractivity contribution in [1.29, 1.82) is 0 Å². The third-order valence-corrected chi connectivity index (χ3v) is 3.05. The van der Waals surface area contributed by atoms with E-state index in [2.05, 4.69) is 22.4 Å². The maximum Gasteiger partial charge on any atom is 0.219 e. The molecule has 0 saturated heterocycles. The van der Waals surface area contributed by atoms with E-state index in [1.807, 2.05) is 32.2 Å². The maximum atomic E-state index is 11.0. The highest BCUT2D eigenvalue weighted by Crippen LogP contribution is 2.18. The Hall–Kier alpha value is -1.81. The number of carbonyl (C=O) groups excluding carboxylic acids is 1. The fourth-order valence-electron chi connectivity index (χ4n) is 2.13. The number of rotatable bonds is 5. The number of amides is 1. The van der Waals surface area contributed by atoms with Crippen LogP contribution in [0.15, 0.2) is 30.5 Å². The van der Waals surface area contributed by atoms with Crippen molar-refractivity contribution in [3.63, 3.8) is 0 Å². The van der Waals surface area contributed by atoms with Gasteiger partial charge in [-0.2, -0.15) is 0 Å². The van der Waals surface area contributed by atoms with Crippen LogP contribution in [-0.4, -0.2) is 16.4 Å². The highest BCUT2D eigenvalue weighted by Gasteiger charge is 2.19. The summed E-state index contributed by atoms with van der Waals surface area (Å²) in [6.07, 6.45) is 2.26. The topological polar surface area (TPSA) is 70.9 Å². The van der Waals surface area contributed by atoms with Crippen LogP contribution in [0.3, 0.4) is 0 Å². The number of aromatic amines is 1. The summed E-state index contributed by atoms with van der Waals surface area (Å²) in [5, 5.41) is 4.56. The van der Waals surface area contributed by atoms with Crippen LogP contribution in [0.25, 0.3) is 10.9 Å². The van der Waals surface area contributed by atoms with Crippen LogP contribution < -0.4 is 11.1 Å².